The van der Waals surface area contributed by atoms with Crippen molar-refractivity contribution < 1.29 is 28.7 Å². The Bertz CT molecular complexity index is 2330. The lowest BCUT2D eigenvalue weighted by Gasteiger charge is -2.47. The molecule has 4 aliphatic rings. The van der Waals surface area contributed by atoms with Gasteiger partial charge in [0.15, 0.2) is 0 Å². The number of fused-ring (bicyclic) bond motifs is 2. The summed E-state index contributed by atoms with van der Waals surface area (Å²) >= 11 is 0. The van der Waals surface area contributed by atoms with E-state index < -0.39 is 29.7 Å². The van der Waals surface area contributed by atoms with Gasteiger partial charge in [0.25, 0.3) is 17.4 Å². The maximum absolute atomic E-state index is 13.2. The molecule has 0 radical (unpaired) electrons. The highest BCUT2D eigenvalue weighted by Crippen LogP contribution is 2.42. The molecule has 2 aromatic heterocycles. The first-order chi connectivity index (χ1) is 25.6. The van der Waals surface area contributed by atoms with Crippen LogP contribution in [-0.2, 0) is 23.2 Å². The summed E-state index contributed by atoms with van der Waals surface area (Å²) in [5, 5.41) is 3.58. The number of piperidine rings is 1. The van der Waals surface area contributed by atoms with E-state index in [0.717, 1.165) is 71.1 Å². The molecule has 13 nitrogen and oxygen atoms in total. The number of nitrogens with one attached hydrogen (secondary N) is 1. The summed E-state index contributed by atoms with van der Waals surface area (Å²) in [5.74, 6) is 5.71. The number of rotatable bonds is 7. The number of benzene rings is 2. The van der Waals surface area contributed by atoms with Crippen LogP contribution in [0.25, 0.3) is 21.9 Å². The van der Waals surface area contributed by atoms with Crippen molar-refractivity contribution in [2.75, 3.05) is 46.9 Å². The zero-order valence-corrected chi connectivity index (χ0v) is 29.7. The first-order valence-electron chi connectivity index (χ1n) is 17.6. The molecule has 1 atom stereocenters. The number of pyridine rings is 2. The smallest absolute Gasteiger partial charge is 0.262 e. The Hall–Kier alpha value is -5.84. The number of amides is 4. The highest BCUT2D eigenvalue weighted by Gasteiger charge is 2.47. The zero-order chi connectivity index (χ0) is 37.0. The number of carbonyl (C=O) groups is 4. The van der Waals surface area contributed by atoms with Crippen LogP contribution in [-0.4, -0.2) is 101 Å². The normalized spacial score (nSPS) is 19.6. The second-order valence-electron chi connectivity index (χ2n) is 14.4. The van der Waals surface area contributed by atoms with Crippen molar-refractivity contribution in [3.63, 3.8) is 0 Å². The molecule has 4 amide bonds. The Kier molecular flexibility index (Phi) is 8.59. The Morgan fingerprint density at radius 1 is 0.906 bits per heavy atom. The molecule has 4 aromatic rings. The van der Waals surface area contributed by atoms with E-state index in [1.165, 1.54) is 0 Å². The number of hydrogen-bond acceptors (Lipinski definition) is 10. The van der Waals surface area contributed by atoms with E-state index in [1.807, 2.05) is 24.4 Å². The number of imide groups is 2. The van der Waals surface area contributed by atoms with E-state index in [9.17, 15) is 24.0 Å². The minimum atomic E-state index is -0.998. The molecule has 1 spiro atoms. The van der Waals surface area contributed by atoms with Crippen molar-refractivity contribution in [2.45, 2.75) is 31.8 Å². The van der Waals surface area contributed by atoms with Gasteiger partial charge in [0.2, 0.25) is 11.8 Å². The fourth-order valence-corrected chi connectivity index (χ4v) is 8.30. The molecule has 0 saturated carbocycles. The van der Waals surface area contributed by atoms with Gasteiger partial charge in [0.1, 0.15) is 17.5 Å². The number of ether oxygens (including phenoxy) is 2. The largest absolute Gasteiger partial charge is 0.496 e. The minimum Gasteiger partial charge on any atom is -0.496 e. The SMILES string of the molecule is COc1cc(-c2cn(C)c(=O)c3cnccc23)cc(OC)c1CN1CCC2(C1)CN(CC#Cc1ccc3c(c1)C(=O)N(C1CCC(=O)NC1=O)C3=O)C2. The highest BCUT2D eigenvalue weighted by molar-refractivity contribution is 6.23. The fraction of sp³-hybridized carbons (Fsp3) is 0.350. The number of hydrogen-bond donors (Lipinski definition) is 1. The van der Waals surface area contributed by atoms with Crippen molar-refractivity contribution in [3.05, 3.63) is 87.6 Å². The molecule has 53 heavy (non-hydrogen) atoms. The molecule has 8 rings (SSSR count). The summed E-state index contributed by atoms with van der Waals surface area (Å²) in [4.78, 5) is 72.7. The molecule has 2 aromatic carbocycles. The second kappa shape index (κ2) is 13.3. The molecule has 270 valence electrons. The Balaban J connectivity index is 0.905. The van der Waals surface area contributed by atoms with Crippen LogP contribution >= 0.6 is 0 Å². The summed E-state index contributed by atoms with van der Waals surface area (Å²) < 4.78 is 13.4. The van der Waals surface area contributed by atoms with Gasteiger partial charge in [-0.3, -0.25) is 49.0 Å². The van der Waals surface area contributed by atoms with Crippen LogP contribution in [0.5, 0.6) is 11.5 Å². The lowest BCUT2D eigenvalue weighted by atomic mass is 9.79. The molecule has 0 bridgehead atoms. The predicted molar refractivity (Wildman–Crippen MR) is 194 cm³/mol. The standard InChI is InChI=1S/C40H38N6O7/c1-43-19-30(26-10-12-41-18-29(26)37(43)49)25-16-33(52-2)31(34(17-25)53-3)20-44-14-11-40(21-44)22-45(23-40)13-4-5-24-6-7-27-28(15-24)39(51)46(38(27)50)32-8-9-35(47)42-36(32)48/h6-7,10,12,15-19,32H,8-9,11,13-14,20-23H2,1-3H3,(H,42,47,48). The van der Waals surface area contributed by atoms with Gasteiger partial charge in [-0.1, -0.05) is 11.8 Å². The molecule has 6 heterocycles. The summed E-state index contributed by atoms with van der Waals surface area (Å²) in [6.45, 7) is 4.99. The third-order valence-electron chi connectivity index (χ3n) is 10.9. The molecular weight excluding hydrogens is 676 g/mol. The number of nitrogens with zero attached hydrogens (tertiary/aromatic N) is 5. The van der Waals surface area contributed by atoms with Gasteiger partial charge in [0, 0.05) is 74.8 Å². The van der Waals surface area contributed by atoms with Crippen molar-refractivity contribution in [1.82, 2.24) is 29.6 Å². The summed E-state index contributed by atoms with van der Waals surface area (Å²) in [6.07, 6.45) is 6.39. The Labute approximate surface area is 305 Å². The van der Waals surface area contributed by atoms with Gasteiger partial charge in [-0.25, -0.2) is 0 Å². The monoisotopic (exact) mass is 714 g/mol. The number of methoxy groups -OCH3 is 2. The average molecular weight is 715 g/mol. The Morgan fingerprint density at radius 3 is 2.38 bits per heavy atom. The van der Waals surface area contributed by atoms with Crippen LogP contribution in [0.15, 0.2) is 59.8 Å². The molecule has 13 heteroatoms. The van der Waals surface area contributed by atoms with E-state index in [2.05, 4.69) is 31.9 Å². The summed E-state index contributed by atoms with van der Waals surface area (Å²) in [5.41, 5.74) is 3.91. The van der Waals surface area contributed by atoms with E-state index in [1.54, 1.807) is 56.4 Å². The van der Waals surface area contributed by atoms with Crippen LogP contribution in [0.3, 0.4) is 0 Å². The lowest BCUT2D eigenvalue weighted by Crippen LogP contribution is -2.57. The van der Waals surface area contributed by atoms with Crippen molar-refractivity contribution >= 4 is 34.4 Å². The van der Waals surface area contributed by atoms with E-state index >= 15 is 0 Å². The third kappa shape index (κ3) is 6.03. The molecule has 3 fully saturated rings. The zero-order valence-electron chi connectivity index (χ0n) is 29.7. The maximum Gasteiger partial charge on any atom is 0.262 e. The van der Waals surface area contributed by atoms with E-state index in [4.69, 9.17) is 9.47 Å². The first kappa shape index (κ1) is 34.3. The number of carbonyl (C=O) groups excluding carboxylic acids is 4. The second-order valence-corrected chi connectivity index (χ2v) is 14.4. The number of aromatic nitrogens is 2. The quantitative estimate of drug-likeness (QED) is 0.224. The fourth-order valence-electron chi connectivity index (χ4n) is 8.30. The molecule has 1 N–H and O–H groups in total. The molecular formula is C40H38N6O7. The van der Waals surface area contributed by atoms with Crippen LogP contribution in [0.2, 0.25) is 0 Å². The number of aryl methyl sites for hydroxylation is 1. The van der Waals surface area contributed by atoms with Crippen molar-refractivity contribution in [2.24, 2.45) is 12.5 Å². The van der Waals surface area contributed by atoms with Crippen molar-refractivity contribution in [3.8, 4) is 34.5 Å². The van der Waals surface area contributed by atoms with Crippen LogP contribution in [0.1, 0.15) is 51.1 Å². The van der Waals surface area contributed by atoms with Crippen LogP contribution < -0.4 is 20.3 Å². The van der Waals surface area contributed by atoms with Crippen LogP contribution in [0, 0.1) is 17.3 Å². The van der Waals surface area contributed by atoms with Gasteiger partial charge in [-0.15, -0.1) is 0 Å². The molecule has 4 aliphatic heterocycles. The minimum absolute atomic E-state index is 0.0743. The molecule has 0 aliphatic carbocycles. The summed E-state index contributed by atoms with van der Waals surface area (Å²) in [6, 6.07) is 9.79. The third-order valence-corrected chi connectivity index (χ3v) is 10.9. The van der Waals surface area contributed by atoms with Gasteiger partial charge < -0.3 is 14.0 Å². The van der Waals surface area contributed by atoms with Gasteiger partial charge in [0.05, 0.1) is 42.8 Å². The Morgan fingerprint density at radius 2 is 1.64 bits per heavy atom. The van der Waals surface area contributed by atoms with E-state index in [0.29, 0.717) is 24.0 Å². The summed E-state index contributed by atoms with van der Waals surface area (Å²) in [7, 11) is 5.07. The van der Waals surface area contributed by atoms with Gasteiger partial charge >= 0.3 is 0 Å². The highest BCUT2D eigenvalue weighted by atomic mass is 16.5. The first-order valence-corrected chi connectivity index (χ1v) is 17.6. The topological polar surface area (TPSA) is 143 Å². The predicted octanol–water partition coefficient (Wildman–Crippen LogP) is 2.58. The maximum atomic E-state index is 13.2. The molecule has 3 saturated heterocycles. The van der Waals surface area contributed by atoms with Crippen LogP contribution in [0.4, 0.5) is 0 Å². The van der Waals surface area contributed by atoms with E-state index in [-0.39, 0.29) is 34.9 Å². The van der Waals surface area contributed by atoms with Gasteiger partial charge in [-0.2, -0.15) is 0 Å². The lowest BCUT2D eigenvalue weighted by molar-refractivity contribution is -0.136. The van der Waals surface area contributed by atoms with Gasteiger partial charge in [-0.05, 0) is 66.7 Å². The van der Waals surface area contributed by atoms with Crippen molar-refractivity contribution in [1.29, 1.82) is 0 Å². The molecule has 1 unspecified atom stereocenters. The number of likely N-dealkylation sites (tertiary alicyclic amines) is 2. The average Bonchev–Trinajstić information content (AvgIpc) is 3.67.